The molecule has 0 saturated heterocycles. The molecule has 0 aliphatic carbocycles. The van der Waals surface area contributed by atoms with Crippen molar-refractivity contribution in [2.45, 2.75) is 20.3 Å². The SMILES string of the molecule is C=CCN(CCC(=O)O)c1nc(-c2ccc(C)cc2)c(C)s1. The molecule has 116 valence electrons. The van der Waals surface area contributed by atoms with Crippen LogP contribution in [-0.2, 0) is 4.79 Å². The number of anilines is 1. The highest BCUT2D eigenvalue weighted by molar-refractivity contribution is 7.16. The molecule has 2 rings (SSSR count). The third kappa shape index (κ3) is 3.95. The molecule has 1 N–H and O–H groups in total. The Morgan fingerprint density at radius 1 is 1.36 bits per heavy atom. The Morgan fingerprint density at radius 3 is 2.64 bits per heavy atom. The highest BCUT2D eigenvalue weighted by Gasteiger charge is 2.15. The standard InChI is InChI=1S/C17H20N2O2S/c1-4-10-19(11-9-15(20)21)17-18-16(13(3)22-17)14-7-5-12(2)6-8-14/h4-8H,1,9-11H2,2-3H3,(H,20,21). The molecule has 1 aromatic carbocycles. The molecule has 1 heterocycles. The van der Waals surface area contributed by atoms with E-state index in [0.29, 0.717) is 13.1 Å². The van der Waals surface area contributed by atoms with E-state index in [0.717, 1.165) is 21.3 Å². The van der Waals surface area contributed by atoms with Crippen molar-refractivity contribution >= 4 is 22.4 Å². The lowest BCUT2D eigenvalue weighted by atomic mass is 10.1. The average Bonchev–Trinajstić information content (AvgIpc) is 2.86. The molecule has 4 nitrogen and oxygen atoms in total. The molecule has 0 radical (unpaired) electrons. The van der Waals surface area contributed by atoms with Crippen molar-refractivity contribution in [3.8, 4) is 11.3 Å². The van der Waals surface area contributed by atoms with Crippen LogP contribution in [-0.4, -0.2) is 29.1 Å². The summed E-state index contributed by atoms with van der Waals surface area (Å²) in [5.74, 6) is -0.805. The summed E-state index contributed by atoms with van der Waals surface area (Å²) in [6, 6.07) is 8.27. The minimum absolute atomic E-state index is 0.0896. The number of thiazole rings is 1. The third-order valence-electron chi connectivity index (χ3n) is 3.33. The van der Waals surface area contributed by atoms with Crippen molar-refractivity contribution in [3.05, 3.63) is 47.4 Å². The number of aromatic nitrogens is 1. The largest absolute Gasteiger partial charge is 0.481 e. The first kappa shape index (κ1) is 16.2. The second-order valence-electron chi connectivity index (χ2n) is 5.15. The van der Waals surface area contributed by atoms with Gasteiger partial charge >= 0.3 is 5.97 Å². The Hall–Kier alpha value is -2.14. The predicted molar refractivity (Wildman–Crippen MR) is 91.7 cm³/mol. The summed E-state index contributed by atoms with van der Waals surface area (Å²) < 4.78 is 0. The second-order valence-corrected chi connectivity index (χ2v) is 6.33. The summed E-state index contributed by atoms with van der Waals surface area (Å²) in [5.41, 5.74) is 3.26. The van der Waals surface area contributed by atoms with E-state index in [9.17, 15) is 4.79 Å². The van der Waals surface area contributed by atoms with E-state index in [1.807, 2.05) is 11.8 Å². The number of rotatable bonds is 7. The van der Waals surface area contributed by atoms with Crippen molar-refractivity contribution in [2.75, 3.05) is 18.0 Å². The van der Waals surface area contributed by atoms with Crippen molar-refractivity contribution in [1.29, 1.82) is 0 Å². The molecule has 0 aliphatic rings. The third-order valence-corrected chi connectivity index (χ3v) is 4.36. The van der Waals surface area contributed by atoms with Gasteiger partial charge in [0.25, 0.3) is 0 Å². The van der Waals surface area contributed by atoms with Crippen LogP contribution >= 0.6 is 11.3 Å². The normalized spacial score (nSPS) is 10.5. The number of aliphatic carboxylic acids is 1. The molecular weight excluding hydrogens is 296 g/mol. The monoisotopic (exact) mass is 316 g/mol. The molecule has 0 saturated carbocycles. The highest BCUT2D eigenvalue weighted by atomic mass is 32.1. The van der Waals surface area contributed by atoms with Gasteiger partial charge in [-0.15, -0.1) is 17.9 Å². The fraction of sp³-hybridized carbons (Fsp3) is 0.294. The number of aryl methyl sites for hydroxylation is 2. The van der Waals surface area contributed by atoms with Gasteiger partial charge in [-0.3, -0.25) is 4.79 Å². The second kappa shape index (κ2) is 7.22. The number of hydrogen-bond donors (Lipinski definition) is 1. The van der Waals surface area contributed by atoms with Gasteiger partial charge in [0.15, 0.2) is 5.13 Å². The summed E-state index contributed by atoms with van der Waals surface area (Å²) in [4.78, 5) is 18.6. The number of benzene rings is 1. The van der Waals surface area contributed by atoms with Gasteiger partial charge in [0.05, 0.1) is 12.1 Å². The molecule has 22 heavy (non-hydrogen) atoms. The van der Waals surface area contributed by atoms with Crippen LogP contribution in [0.4, 0.5) is 5.13 Å². The van der Waals surface area contributed by atoms with Crippen LogP contribution in [0.15, 0.2) is 36.9 Å². The van der Waals surface area contributed by atoms with E-state index in [1.54, 1.807) is 17.4 Å². The van der Waals surface area contributed by atoms with Crippen LogP contribution in [0.5, 0.6) is 0 Å². The van der Waals surface area contributed by atoms with Crippen LogP contribution < -0.4 is 4.90 Å². The Kier molecular flexibility index (Phi) is 5.33. The number of nitrogens with zero attached hydrogens (tertiary/aromatic N) is 2. The Morgan fingerprint density at radius 2 is 2.05 bits per heavy atom. The van der Waals surface area contributed by atoms with Gasteiger partial charge in [0.1, 0.15) is 0 Å². The molecule has 0 spiro atoms. The average molecular weight is 316 g/mol. The van der Waals surface area contributed by atoms with Gasteiger partial charge in [0.2, 0.25) is 0 Å². The quantitative estimate of drug-likeness (QED) is 0.787. The Bertz CT molecular complexity index is 662. The van der Waals surface area contributed by atoms with Crippen molar-refractivity contribution in [1.82, 2.24) is 4.98 Å². The fourth-order valence-corrected chi connectivity index (χ4v) is 3.11. The maximum Gasteiger partial charge on any atom is 0.305 e. The molecular formula is C17H20N2O2S. The topological polar surface area (TPSA) is 53.4 Å². The summed E-state index contributed by atoms with van der Waals surface area (Å²) in [6.45, 7) is 8.86. The minimum atomic E-state index is -0.805. The molecule has 0 aliphatic heterocycles. The lowest BCUT2D eigenvalue weighted by Crippen LogP contribution is -2.26. The fourth-order valence-electron chi connectivity index (χ4n) is 2.15. The van der Waals surface area contributed by atoms with Crippen molar-refractivity contribution in [2.24, 2.45) is 0 Å². The van der Waals surface area contributed by atoms with E-state index in [-0.39, 0.29) is 6.42 Å². The lowest BCUT2D eigenvalue weighted by molar-refractivity contribution is -0.136. The smallest absolute Gasteiger partial charge is 0.305 e. The highest BCUT2D eigenvalue weighted by Crippen LogP contribution is 2.32. The van der Waals surface area contributed by atoms with Gasteiger partial charge < -0.3 is 10.0 Å². The molecule has 0 fully saturated rings. The summed E-state index contributed by atoms with van der Waals surface area (Å²) >= 11 is 1.59. The number of carboxylic acids is 1. The molecule has 0 atom stereocenters. The zero-order chi connectivity index (χ0) is 16.1. The maximum atomic E-state index is 10.8. The number of carboxylic acid groups (broad SMARTS) is 1. The number of hydrogen-bond acceptors (Lipinski definition) is 4. The van der Waals surface area contributed by atoms with E-state index in [2.05, 4.69) is 37.8 Å². The van der Waals surface area contributed by atoms with Gasteiger partial charge in [-0.1, -0.05) is 35.9 Å². The van der Waals surface area contributed by atoms with E-state index in [1.165, 1.54) is 5.56 Å². The van der Waals surface area contributed by atoms with E-state index < -0.39 is 5.97 Å². The minimum Gasteiger partial charge on any atom is -0.481 e. The Balaban J connectivity index is 2.27. The molecule has 0 bridgehead atoms. The van der Waals surface area contributed by atoms with E-state index >= 15 is 0 Å². The molecule has 0 unspecified atom stereocenters. The summed E-state index contributed by atoms with van der Waals surface area (Å²) in [5, 5.41) is 9.71. The summed E-state index contributed by atoms with van der Waals surface area (Å²) in [6.07, 6.45) is 1.86. The van der Waals surface area contributed by atoms with Crippen LogP contribution in [0, 0.1) is 13.8 Å². The van der Waals surface area contributed by atoms with Crippen LogP contribution in [0.3, 0.4) is 0 Å². The molecule has 1 aromatic heterocycles. The first-order valence-electron chi connectivity index (χ1n) is 7.13. The van der Waals surface area contributed by atoms with Gasteiger partial charge in [-0.2, -0.15) is 0 Å². The van der Waals surface area contributed by atoms with Crippen molar-refractivity contribution in [3.63, 3.8) is 0 Å². The molecule has 5 heteroatoms. The van der Waals surface area contributed by atoms with Crippen LogP contribution in [0.2, 0.25) is 0 Å². The van der Waals surface area contributed by atoms with Crippen LogP contribution in [0.1, 0.15) is 16.9 Å². The first-order valence-corrected chi connectivity index (χ1v) is 7.95. The summed E-state index contributed by atoms with van der Waals surface area (Å²) in [7, 11) is 0. The maximum absolute atomic E-state index is 10.8. The van der Waals surface area contributed by atoms with Crippen LogP contribution in [0.25, 0.3) is 11.3 Å². The van der Waals surface area contributed by atoms with Gasteiger partial charge in [-0.25, -0.2) is 4.98 Å². The first-order chi connectivity index (χ1) is 10.5. The van der Waals surface area contributed by atoms with E-state index in [4.69, 9.17) is 10.1 Å². The van der Waals surface area contributed by atoms with Crippen molar-refractivity contribution < 1.29 is 9.90 Å². The predicted octanol–water partition coefficient (Wildman–Crippen LogP) is 3.89. The molecule has 2 aromatic rings. The Labute approximate surface area is 134 Å². The number of carbonyl (C=O) groups is 1. The van der Waals surface area contributed by atoms with Gasteiger partial charge in [-0.05, 0) is 13.8 Å². The zero-order valence-corrected chi connectivity index (χ0v) is 13.7. The zero-order valence-electron chi connectivity index (χ0n) is 12.9. The van der Waals surface area contributed by atoms with Gasteiger partial charge in [0, 0.05) is 23.5 Å². The molecule has 0 amide bonds. The lowest BCUT2D eigenvalue weighted by Gasteiger charge is -2.18.